The van der Waals surface area contributed by atoms with Crippen molar-refractivity contribution in [1.29, 1.82) is 0 Å². The minimum absolute atomic E-state index is 0.0812. The molecule has 2 heteroatoms. The first-order chi connectivity index (χ1) is 10.2. The van der Waals surface area contributed by atoms with Gasteiger partial charge in [0, 0.05) is 17.3 Å². The SMILES string of the molecule is CC1(C)CCC(=O)C2(C)C1CCC13CC(C)(CCC12)C1OC13. The Balaban J connectivity index is 1.63. The molecule has 7 atom stereocenters. The van der Waals surface area contributed by atoms with Crippen molar-refractivity contribution in [3.63, 3.8) is 0 Å². The fourth-order valence-electron chi connectivity index (χ4n) is 8.07. The van der Waals surface area contributed by atoms with Crippen LogP contribution in [0.4, 0.5) is 0 Å². The van der Waals surface area contributed by atoms with Gasteiger partial charge in [-0.3, -0.25) is 4.79 Å². The summed E-state index contributed by atoms with van der Waals surface area (Å²) in [6.45, 7) is 9.63. The highest BCUT2D eigenvalue weighted by atomic mass is 16.6. The second-order valence-corrected chi connectivity index (χ2v) is 10.4. The molecule has 1 aliphatic heterocycles. The molecule has 5 rings (SSSR count). The lowest BCUT2D eigenvalue weighted by molar-refractivity contribution is -0.182. The van der Waals surface area contributed by atoms with Crippen molar-refractivity contribution in [3.05, 3.63) is 0 Å². The smallest absolute Gasteiger partial charge is 0.139 e. The molecule has 0 amide bonds. The van der Waals surface area contributed by atoms with Crippen molar-refractivity contribution in [3.8, 4) is 0 Å². The number of fused-ring (bicyclic) bond motifs is 5. The van der Waals surface area contributed by atoms with Gasteiger partial charge in [0.2, 0.25) is 0 Å². The zero-order valence-electron chi connectivity index (χ0n) is 14.6. The Kier molecular flexibility index (Phi) is 2.33. The third-order valence-electron chi connectivity index (χ3n) is 9.06. The van der Waals surface area contributed by atoms with Crippen LogP contribution in [0.15, 0.2) is 0 Å². The molecule has 22 heavy (non-hydrogen) atoms. The second-order valence-electron chi connectivity index (χ2n) is 10.4. The Morgan fingerprint density at radius 1 is 0.955 bits per heavy atom. The van der Waals surface area contributed by atoms with E-state index in [0.717, 1.165) is 12.8 Å². The van der Waals surface area contributed by atoms with E-state index in [1.165, 1.54) is 32.1 Å². The largest absolute Gasteiger partial charge is 0.368 e. The highest BCUT2D eigenvalue weighted by Crippen LogP contribution is 2.77. The van der Waals surface area contributed by atoms with Gasteiger partial charge in [0.05, 0.1) is 12.2 Å². The summed E-state index contributed by atoms with van der Waals surface area (Å²) in [5.74, 6) is 1.74. The van der Waals surface area contributed by atoms with E-state index in [9.17, 15) is 4.79 Å². The summed E-state index contributed by atoms with van der Waals surface area (Å²) in [6.07, 6.45) is 9.32. The predicted octanol–water partition coefficient (Wildman–Crippen LogP) is 4.37. The average Bonchev–Trinajstić information content (AvgIpc) is 3.21. The van der Waals surface area contributed by atoms with E-state index in [1.807, 2.05) is 0 Å². The number of carbonyl (C=O) groups is 1. The molecule has 1 spiro atoms. The van der Waals surface area contributed by atoms with Crippen LogP contribution in [-0.4, -0.2) is 18.0 Å². The lowest BCUT2D eigenvalue weighted by atomic mass is 9.40. The van der Waals surface area contributed by atoms with Crippen LogP contribution in [0.2, 0.25) is 0 Å². The molecular formula is C20H30O2. The molecule has 4 saturated carbocycles. The summed E-state index contributed by atoms with van der Waals surface area (Å²) in [5, 5.41) is 0. The number of ketones is 1. The van der Waals surface area contributed by atoms with Gasteiger partial charge in [-0.25, -0.2) is 0 Å². The Hall–Kier alpha value is -0.370. The molecule has 1 heterocycles. The third-order valence-corrected chi connectivity index (χ3v) is 9.06. The van der Waals surface area contributed by atoms with Gasteiger partial charge in [-0.15, -0.1) is 0 Å². The second kappa shape index (κ2) is 3.66. The minimum atomic E-state index is -0.0812. The first kappa shape index (κ1) is 14.0. The van der Waals surface area contributed by atoms with Crippen LogP contribution in [0.5, 0.6) is 0 Å². The normalized spacial score (nSPS) is 61.2. The van der Waals surface area contributed by atoms with E-state index < -0.39 is 0 Å². The molecule has 0 aromatic heterocycles. The molecule has 7 unspecified atom stereocenters. The quantitative estimate of drug-likeness (QED) is 0.622. The number of Topliss-reactive ketones (excluding diaryl/α,β-unsaturated/α-hetero) is 1. The number of rotatable bonds is 0. The Labute approximate surface area is 134 Å². The van der Waals surface area contributed by atoms with Crippen LogP contribution in [0, 0.1) is 33.5 Å². The summed E-state index contributed by atoms with van der Waals surface area (Å²) in [4.78, 5) is 13.1. The highest BCUT2D eigenvalue weighted by molar-refractivity contribution is 5.86. The van der Waals surface area contributed by atoms with Crippen molar-refractivity contribution in [1.82, 2.24) is 0 Å². The van der Waals surface area contributed by atoms with Crippen LogP contribution in [0.3, 0.4) is 0 Å². The summed E-state index contributed by atoms with van der Waals surface area (Å²) in [6, 6.07) is 0. The van der Waals surface area contributed by atoms with Crippen LogP contribution in [0.1, 0.15) is 72.6 Å². The van der Waals surface area contributed by atoms with Gasteiger partial charge in [-0.2, -0.15) is 0 Å². The van der Waals surface area contributed by atoms with E-state index in [0.29, 0.717) is 46.1 Å². The third kappa shape index (κ3) is 1.33. The van der Waals surface area contributed by atoms with Gasteiger partial charge in [-0.05, 0) is 61.2 Å². The van der Waals surface area contributed by atoms with Crippen molar-refractivity contribution >= 4 is 5.78 Å². The van der Waals surface area contributed by atoms with E-state index >= 15 is 0 Å². The summed E-state index contributed by atoms with van der Waals surface area (Å²) in [7, 11) is 0. The molecule has 1 saturated heterocycles. The zero-order valence-corrected chi connectivity index (χ0v) is 14.6. The molecule has 5 aliphatic rings. The summed E-state index contributed by atoms with van der Waals surface area (Å²) >= 11 is 0. The molecule has 5 fully saturated rings. The predicted molar refractivity (Wildman–Crippen MR) is 85.4 cm³/mol. The number of epoxide rings is 1. The van der Waals surface area contributed by atoms with Crippen LogP contribution in [0.25, 0.3) is 0 Å². The lowest BCUT2D eigenvalue weighted by Crippen LogP contribution is -2.61. The van der Waals surface area contributed by atoms with Gasteiger partial charge in [0.15, 0.2) is 0 Å². The molecule has 122 valence electrons. The van der Waals surface area contributed by atoms with Gasteiger partial charge < -0.3 is 4.74 Å². The molecule has 0 radical (unpaired) electrons. The number of hydrogen-bond acceptors (Lipinski definition) is 2. The number of ether oxygens (including phenoxy) is 1. The maximum absolute atomic E-state index is 13.1. The maximum Gasteiger partial charge on any atom is 0.139 e. The van der Waals surface area contributed by atoms with Gasteiger partial charge in [0.1, 0.15) is 5.78 Å². The van der Waals surface area contributed by atoms with Crippen LogP contribution in [-0.2, 0) is 9.53 Å². The van der Waals surface area contributed by atoms with Crippen molar-refractivity contribution in [2.24, 2.45) is 33.5 Å². The molecule has 0 N–H and O–H groups in total. The van der Waals surface area contributed by atoms with E-state index in [1.54, 1.807) is 0 Å². The monoisotopic (exact) mass is 302 g/mol. The average molecular weight is 302 g/mol. The fraction of sp³-hybridized carbons (Fsp3) is 0.950. The molecular weight excluding hydrogens is 272 g/mol. The molecule has 4 aliphatic carbocycles. The van der Waals surface area contributed by atoms with Crippen molar-refractivity contribution < 1.29 is 9.53 Å². The highest BCUT2D eigenvalue weighted by Gasteiger charge is 2.77. The Morgan fingerprint density at radius 3 is 2.45 bits per heavy atom. The summed E-state index contributed by atoms with van der Waals surface area (Å²) in [5.41, 5.74) is 0.999. The van der Waals surface area contributed by atoms with E-state index in [-0.39, 0.29) is 5.41 Å². The Morgan fingerprint density at radius 2 is 1.68 bits per heavy atom. The summed E-state index contributed by atoms with van der Waals surface area (Å²) < 4.78 is 6.18. The van der Waals surface area contributed by atoms with Gasteiger partial charge in [0.25, 0.3) is 0 Å². The van der Waals surface area contributed by atoms with E-state index in [2.05, 4.69) is 27.7 Å². The maximum atomic E-state index is 13.1. The van der Waals surface area contributed by atoms with Gasteiger partial charge in [-0.1, -0.05) is 27.7 Å². The standard InChI is InChI=1S/C20H30O2/c1-17(2)8-7-14(21)19(4)12(17)6-10-20-11-18(3,9-5-13(19)20)15-16(20)22-15/h12-13,15-16H,5-11H2,1-4H3. The van der Waals surface area contributed by atoms with Crippen LogP contribution >= 0.6 is 0 Å². The van der Waals surface area contributed by atoms with Gasteiger partial charge >= 0.3 is 0 Å². The lowest BCUT2D eigenvalue weighted by Gasteiger charge is -2.63. The van der Waals surface area contributed by atoms with Crippen LogP contribution < -0.4 is 0 Å². The number of hydrogen-bond donors (Lipinski definition) is 0. The fourth-order valence-corrected chi connectivity index (χ4v) is 8.07. The van der Waals surface area contributed by atoms with Crippen molar-refractivity contribution in [2.45, 2.75) is 84.8 Å². The number of carbonyl (C=O) groups excluding carboxylic acids is 1. The molecule has 2 nitrogen and oxygen atoms in total. The molecule has 0 aromatic rings. The zero-order chi connectivity index (χ0) is 15.5. The van der Waals surface area contributed by atoms with E-state index in [4.69, 9.17) is 4.74 Å². The molecule has 0 aromatic carbocycles. The van der Waals surface area contributed by atoms with Crippen molar-refractivity contribution in [2.75, 3.05) is 0 Å². The first-order valence-corrected chi connectivity index (χ1v) is 9.43. The Bertz CT molecular complexity index is 566. The molecule has 2 bridgehead atoms. The minimum Gasteiger partial charge on any atom is -0.368 e. The topological polar surface area (TPSA) is 29.6 Å². The first-order valence-electron chi connectivity index (χ1n) is 9.43.